The van der Waals surface area contributed by atoms with Gasteiger partial charge in [0.1, 0.15) is 5.75 Å². The normalized spacial score (nSPS) is 10.5. The van der Waals surface area contributed by atoms with E-state index < -0.39 is 0 Å². The predicted octanol–water partition coefficient (Wildman–Crippen LogP) is 2.18. The van der Waals surface area contributed by atoms with Crippen molar-refractivity contribution >= 4 is 41.5 Å². The summed E-state index contributed by atoms with van der Waals surface area (Å²) in [6.45, 7) is 0.643. The number of ether oxygens (including phenoxy) is 2. The Balaban J connectivity index is 0.00000364. The highest BCUT2D eigenvalue weighted by Gasteiger charge is 2.06. The fraction of sp³-hybridized carbons (Fsp3) is 0.222. The number of phenols is 1. The van der Waals surface area contributed by atoms with Gasteiger partial charge in [0.2, 0.25) is 0 Å². The molecule has 5 N–H and O–H groups in total. The fourth-order valence-electron chi connectivity index (χ4n) is 2.16. The third-order valence-corrected chi connectivity index (χ3v) is 3.46. The van der Waals surface area contributed by atoms with Crippen LogP contribution in [0.25, 0.3) is 0 Å². The molecule has 0 fully saturated rings. The Hall–Kier alpha value is -2.69. The topological polar surface area (TPSA) is 118 Å². The monoisotopic (exact) mass is 486 g/mol. The van der Waals surface area contributed by atoms with E-state index in [9.17, 15) is 9.90 Å². The quantitative estimate of drug-likeness (QED) is 0.206. The van der Waals surface area contributed by atoms with Gasteiger partial charge in [0, 0.05) is 23.9 Å². The van der Waals surface area contributed by atoms with E-state index in [1.807, 2.05) is 0 Å². The van der Waals surface area contributed by atoms with E-state index >= 15 is 0 Å². The first-order chi connectivity index (χ1) is 12.5. The number of methoxy groups -OCH3 is 2. The van der Waals surface area contributed by atoms with Gasteiger partial charge < -0.3 is 30.9 Å². The number of nitrogens with one attached hydrogen (secondary N) is 2. The van der Waals surface area contributed by atoms with E-state index in [4.69, 9.17) is 15.2 Å². The van der Waals surface area contributed by atoms with E-state index in [1.54, 1.807) is 44.6 Å². The smallest absolute Gasteiger partial charge is 0.251 e. The number of nitrogens with two attached hydrogens (primary N) is 1. The molecule has 0 aliphatic carbocycles. The summed E-state index contributed by atoms with van der Waals surface area (Å²) in [6.07, 6.45) is 0. The Morgan fingerprint density at radius 2 is 1.78 bits per heavy atom. The molecule has 0 heterocycles. The lowest BCUT2D eigenvalue weighted by atomic mass is 10.2. The zero-order valence-corrected chi connectivity index (χ0v) is 17.4. The van der Waals surface area contributed by atoms with E-state index in [0.717, 1.165) is 0 Å². The number of aromatic hydroxyl groups is 1. The molecule has 9 heteroatoms. The molecule has 0 radical (unpaired) electrons. The number of rotatable bonds is 7. The average Bonchev–Trinajstić information content (AvgIpc) is 2.65. The summed E-state index contributed by atoms with van der Waals surface area (Å²) >= 11 is 0. The lowest BCUT2D eigenvalue weighted by Gasteiger charge is -2.11. The van der Waals surface area contributed by atoms with Gasteiger partial charge in [-0.25, -0.2) is 0 Å². The maximum atomic E-state index is 11.9. The maximum absolute atomic E-state index is 11.9. The van der Waals surface area contributed by atoms with E-state index in [2.05, 4.69) is 15.6 Å². The predicted molar refractivity (Wildman–Crippen MR) is 116 cm³/mol. The van der Waals surface area contributed by atoms with Crippen LogP contribution >= 0.6 is 24.0 Å². The van der Waals surface area contributed by atoms with Gasteiger partial charge in [0.15, 0.2) is 17.5 Å². The van der Waals surface area contributed by atoms with Crippen LogP contribution in [0, 0.1) is 0 Å². The minimum Gasteiger partial charge on any atom is -0.508 e. The minimum absolute atomic E-state index is 0. The Morgan fingerprint density at radius 1 is 1.11 bits per heavy atom. The van der Waals surface area contributed by atoms with Crippen LogP contribution in [-0.2, 0) is 0 Å². The molecule has 27 heavy (non-hydrogen) atoms. The number of phenolic OH excluding ortho intramolecular Hbond substituents is 1. The van der Waals surface area contributed by atoms with Crippen LogP contribution in [0.15, 0.2) is 47.5 Å². The first-order valence-electron chi connectivity index (χ1n) is 7.89. The highest BCUT2D eigenvalue weighted by molar-refractivity contribution is 14.0. The number of benzene rings is 2. The van der Waals surface area contributed by atoms with Crippen LogP contribution in [0.4, 0.5) is 5.69 Å². The zero-order valence-electron chi connectivity index (χ0n) is 15.1. The second kappa shape index (κ2) is 11.1. The molecule has 146 valence electrons. The number of guanidine groups is 1. The molecule has 0 bridgehead atoms. The summed E-state index contributed by atoms with van der Waals surface area (Å²) in [5, 5.41) is 14.9. The molecular weight excluding hydrogens is 463 g/mol. The van der Waals surface area contributed by atoms with Gasteiger partial charge >= 0.3 is 0 Å². The molecule has 2 aromatic carbocycles. The van der Waals surface area contributed by atoms with Gasteiger partial charge in [-0.05, 0) is 36.4 Å². The van der Waals surface area contributed by atoms with Gasteiger partial charge in [-0.2, -0.15) is 0 Å². The molecule has 0 unspecified atom stereocenters. The number of halogens is 1. The van der Waals surface area contributed by atoms with Crippen molar-refractivity contribution in [3.05, 3.63) is 48.0 Å². The number of carbonyl (C=O) groups excluding carboxylic acids is 1. The molecule has 8 nitrogen and oxygen atoms in total. The summed E-state index contributed by atoms with van der Waals surface area (Å²) in [5.74, 6) is 1.28. The Kier molecular flexibility index (Phi) is 9.20. The van der Waals surface area contributed by atoms with Crippen molar-refractivity contribution in [2.24, 2.45) is 10.7 Å². The summed E-state index contributed by atoms with van der Waals surface area (Å²) in [4.78, 5) is 16.1. The third kappa shape index (κ3) is 6.85. The molecule has 0 spiro atoms. The van der Waals surface area contributed by atoms with Gasteiger partial charge in [-0.1, -0.05) is 0 Å². The van der Waals surface area contributed by atoms with Crippen LogP contribution in [0.5, 0.6) is 17.2 Å². The van der Waals surface area contributed by atoms with Crippen LogP contribution in [0.1, 0.15) is 10.4 Å². The van der Waals surface area contributed by atoms with Crippen molar-refractivity contribution in [2.45, 2.75) is 0 Å². The number of aliphatic imine (C=N–C) groups is 1. The molecule has 1 amide bonds. The third-order valence-electron chi connectivity index (χ3n) is 3.46. The van der Waals surface area contributed by atoms with Crippen molar-refractivity contribution in [1.82, 2.24) is 5.32 Å². The van der Waals surface area contributed by atoms with Crippen LogP contribution in [-0.4, -0.2) is 44.3 Å². The molecule has 0 saturated heterocycles. The number of carbonyl (C=O) groups is 1. The summed E-state index contributed by atoms with van der Waals surface area (Å²) in [5.41, 5.74) is 7.01. The van der Waals surface area contributed by atoms with E-state index in [0.29, 0.717) is 35.8 Å². The van der Waals surface area contributed by atoms with E-state index in [1.165, 1.54) is 12.1 Å². The Labute approximate surface area is 174 Å². The van der Waals surface area contributed by atoms with Crippen LogP contribution in [0.2, 0.25) is 0 Å². The van der Waals surface area contributed by atoms with Gasteiger partial charge in [0.25, 0.3) is 5.91 Å². The second-order valence-electron chi connectivity index (χ2n) is 5.26. The van der Waals surface area contributed by atoms with Gasteiger partial charge in [0.05, 0.1) is 20.8 Å². The first kappa shape index (κ1) is 22.4. The molecule has 0 atom stereocenters. The lowest BCUT2D eigenvalue weighted by molar-refractivity contribution is 0.0955. The number of amides is 1. The number of anilines is 1. The largest absolute Gasteiger partial charge is 0.508 e. The Bertz CT molecular complexity index is 781. The molecule has 0 saturated carbocycles. The molecule has 0 aliphatic heterocycles. The maximum Gasteiger partial charge on any atom is 0.251 e. The van der Waals surface area contributed by atoms with E-state index in [-0.39, 0.29) is 41.6 Å². The highest BCUT2D eigenvalue weighted by Crippen LogP contribution is 2.29. The van der Waals surface area contributed by atoms with Crippen LogP contribution < -0.4 is 25.8 Å². The lowest BCUT2D eigenvalue weighted by Crippen LogP contribution is -2.28. The Morgan fingerprint density at radius 3 is 2.41 bits per heavy atom. The standard InChI is InChI=1S/C18H22N4O4.HI/c1-25-15-8-5-13(11-16(15)26-2)22-18(19)21-10-9-20-17(24)12-3-6-14(23)7-4-12;/h3-8,11,23H,9-10H2,1-2H3,(H,20,24)(H3,19,21,22);1H. The molecule has 0 aromatic heterocycles. The number of hydrogen-bond donors (Lipinski definition) is 4. The molecule has 2 rings (SSSR count). The number of hydrogen-bond acceptors (Lipinski definition) is 5. The van der Waals surface area contributed by atoms with Gasteiger partial charge in [-0.15, -0.1) is 24.0 Å². The number of nitrogens with zero attached hydrogens (tertiary/aromatic N) is 1. The second-order valence-corrected chi connectivity index (χ2v) is 5.26. The zero-order chi connectivity index (χ0) is 18.9. The SMILES string of the molecule is COc1ccc(NC(N)=NCCNC(=O)c2ccc(O)cc2)cc1OC.I. The van der Waals surface area contributed by atoms with Crippen molar-refractivity contribution in [2.75, 3.05) is 32.6 Å². The average molecular weight is 486 g/mol. The van der Waals surface area contributed by atoms with Crippen molar-refractivity contribution in [1.29, 1.82) is 0 Å². The summed E-state index contributed by atoms with van der Waals surface area (Å²) < 4.78 is 10.4. The highest BCUT2D eigenvalue weighted by atomic mass is 127. The summed E-state index contributed by atoms with van der Waals surface area (Å²) in [7, 11) is 3.11. The van der Waals surface area contributed by atoms with Crippen molar-refractivity contribution < 1.29 is 19.4 Å². The van der Waals surface area contributed by atoms with Crippen LogP contribution in [0.3, 0.4) is 0 Å². The fourth-order valence-corrected chi connectivity index (χ4v) is 2.16. The molecular formula is C18H23IN4O4. The van der Waals surface area contributed by atoms with Gasteiger partial charge in [-0.3, -0.25) is 9.79 Å². The molecule has 2 aromatic rings. The minimum atomic E-state index is -0.244. The van der Waals surface area contributed by atoms with Crippen molar-refractivity contribution in [3.8, 4) is 17.2 Å². The first-order valence-corrected chi connectivity index (χ1v) is 7.89. The summed E-state index contributed by atoms with van der Waals surface area (Å²) in [6, 6.07) is 11.3. The van der Waals surface area contributed by atoms with Crippen molar-refractivity contribution in [3.63, 3.8) is 0 Å². The molecule has 0 aliphatic rings.